The monoisotopic (exact) mass is 265 g/mol. The first-order chi connectivity index (χ1) is 8.58. The fraction of sp³-hybridized carbons (Fsp3) is 0.385. The molecule has 4 nitrogen and oxygen atoms in total. The van der Waals surface area contributed by atoms with Crippen molar-refractivity contribution in [3.8, 4) is 6.07 Å². The zero-order valence-corrected chi connectivity index (χ0v) is 11.2. The van der Waals surface area contributed by atoms with Crippen LogP contribution in [0.1, 0.15) is 31.1 Å². The van der Waals surface area contributed by atoms with Crippen molar-refractivity contribution in [3.63, 3.8) is 0 Å². The zero-order chi connectivity index (χ0) is 13.5. The van der Waals surface area contributed by atoms with Crippen LogP contribution in [0.3, 0.4) is 0 Å². The first-order valence-corrected chi connectivity index (χ1v) is 6.57. The van der Waals surface area contributed by atoms with E-state index in [-0.39, 0.29) is 11.7 Å². The van der Waals surface area contributed by atoms with Gasteiger partial charge in [0.25, 0.3) is 0 Å². The van der Waals surface area contributed by atoms with Crippen LogP contribution in [0.25, 0.3) is 0 Å². The minimum Gasteiger partial charge on any atom is -0.465 e. The molecule has 1 atom stereocenters. The van der Waals surface area contributed by atoms with Crippen LogP contribution in [0, 0.1) is 11.3 Å². The molecule has 18 heavy (non-hydrogen) atoms. The van der Waals surface area contributed by atoms with Gasteiger partial charge in [0, 0.05) is 4.90 Å². The molecule has 0 spiro atoms. The Morgan fingerprint density at radius 1 is 1.61 bits per heavy atom. The van der Waals surface area contributed by atoms with Gasteiger partial charge >= 0.3 is 5.97 Å². The smallest absolute Gasteiger partial charge is 0.316 e. The van der Waals surface area contributed by atoms with Gasteiger partial charge in [-0.15, -0.1) is 11.8 Å². The highest BCUT2D eigenvalue weighted by Gasteiger charge is 2.11. The minimum atomic E-state index is -0.637. The Morgan fingerprint density at radius 3 is 2.89 bits per heavy atom. The molecule has 1 N–H and O–H groups in total. The molecule has 0 amide bonds. The van der Waals surface area contributed by atoms with Gasteiger partial charge in [-0.2, -0.15) is 5.26 Å². The van der Waals surface area contributed by atoms with E-state index in [4.69, 9.17) is 10.00 Å². The van der Waals surface area contributed by atoms with Crippen LogP contribution in [-0.2, 0) is 9.53 Å². The summed E-state index contributed by atoms with van der Waals surface area (Å²) in [5, 5.41) is 18.5. The molecule has 0 fully saturated rings. The predicted molar refractivity (Wildman–Crippen MR) is 69.1 cm³/mol. The van der Waals surface area contributed by atoms with E-state index in [1.807, 2.05) is 6.07 Å². The Kier molecular flexibility index (Phi) is 5.69. The van der Waals surface area contributed by atoms with E-state index in [9.17, 15) is 9.90 Å². The summed E-state index contributed by atoms with van der Waals surface area (Å²) < 4.78 is 4.83. The number of benzene rings is 1. The fourth-order valence-electron chi connectivity index (χ4n) is 1.41. The van der Waals surface area contributed by atoms with Crippen LogP contribution in [0.4, 0.5) is 0 Å². The molecule has 1 aromatic rings. The van der Waals surface area contributed by atoms with Gasteiger partial charge in [0.15, 0.2) is 0 Å². The number of ether oxygens (including phenoxy) is 1. The lowest BCUT2D eigenvalue weighted by Crippen LogP contribution is -2.07. The lowest BCUT2D eigenvalue weighted by atomic mass is 10.1. The molecule has 0 aliphatic heterocycles. The third kappa shape index (κ3) is 4.06. The third-order valence-electron chi connectivity index (χ3n) is 2.24. The van der Waals surface area contributed by atoms with Gasteiger partial charge in [-0.05, 0) is 31.5 Å². The van der Waals surface area contributed by atoms with Crippen LogP contribution in [0.5, 0.6) is 0 Å². The maximum absolute atomic E-state index is 11.3. The molecule has 0 radical (unpaired) electrons. The summed E-state index contributed by atoms with van der Waals surface area (Å²) in [6, 6.07) is 7.06. The van der Waals surface area contributed by atoms with E-state index < -0.39 is 6.10 Å². The third-order valence-corrected chi connectivity index (χ3v) is 3.29. The summed E-state index contributed by atoms with van der Waals surface area (Å²) in [4.78, 5) is 12.0. The molecule has 0 aliphatic carbocycles. The molecule has 0 saturated carbocycles. The van der Waals surface area contributed by atoms with Gasteiger partial charge < -0.3 is 9.84 Å². The van der Waals surface area contributed by atoms with E-state index in [1.54, 1.807) is 32.0 Å². The van der Waals surface area contributed by atoms with Crippen molar-refractivity contribution >= 4 is 17.7 Å². The molecule has 96 valence electrons. The summed E-state index contributed by atoms with van der Waals surface area (Å²) in [5.74, 6) is -0.135. The van der Waals surface area contributed by atoms with Crippen LogP contribution < -0.4 is 0 Å². The molecule has 1 aromatic carbocycles. The number of aliphatic hydroxyl groups excluding tert-OH is 1. The second-order valence-electron chi connectivity index (χ2n) is 3.63. The first kappa shape index (κ1) is 14.6. The average molecular weight is 265 g/mol. The SMILES string of the molecule is CCOC(=O)CSc1cc(C#N)ccc1[C@@H](C)O. The second-order valence-corrected chi connectivity index (χ2v) is 4.65. The number of rotatable bonds is 5. The molecule has 0 aromatic heterocycles. The van der Waals surface area contributed by atoms with Gasteiger partial charge in [-0.1, -0.05) is 6.07 Å². The van der Waals surface area contributed by atoms with E-state index in [0.29, 0.717) is 17.7 Å². The fourth-order valence-corrected chi connectivity index (χ4v) is 2.39. The molecule has 0 bridgehead atoms. The van der Waals surface area contributed by atoms with Crippen LogP contribution in [0.15, 0.2) is 23.1 Å². The second kappa shape index (κ2) is 7.04. The van der Waals surface area contributed by atoms with Crippen molar-refractivity contribution < 1.29 is 14.6 Å². The van der Waals surface area contributed by atoms with Crippen molar-refractivity contribution in [3.05, 3.63) is 29.3 Å². The predicted octanol–water partition coefficient (Wildman–Crippen LogP) is 2.27. The highest BCUT2D eigenvalue weighted by Crippen LogP contribution is 2.28. The van der Waals surface area contributed by atoms with Gasteiger partial charge in [0.05, 0.1) is 30.1 Å². The molecule has 0 unspecified atom stereocenters. The summed E-state index contributed by atoms with van der Waals surface area (Å²) >= 11 is 1.27. The Morgan fingerprint density at radius 2 is 2.33 bits per heavy atom. The molecule has 0 heterocycles. The number of hydrogen-bond acceptors (Lipinski definition) is 5. The van der Waals surface area contributed by atoms with Gasteiger partial charge in [-0.3, -0.25) is 4.79 Å². The van der Waals surface area contributed by atoms with Crippen molar-refractivity contribution in [1.29, 1.82) is 5.26 Å². The number of esters is 1. The highest BCUT2D eigenvalue weighted by molar-refractivity contribution is 8.00. The Labute approximate surface area is 111 Å². The quantitative estimate of drug-likeness (QED) is 0.653. The van der Waals surface area contributed by atoms with E-state index in [1.165, 1.54) is 11.8 Å². The van der Waals surface area contributed by atoms with Crippen LogP contribution in [-0.4, -0.2) is 23.4 Å². The summed E-state index contributed by atoms with van der Waals surface area (Å²) in [6.45, 7) is 3.75. The maximum Gasteiger partial charge on any atom is 0.316 e. The highest BCUT2D eigenvalue weighted by atomic mass is 32.2. The number of aliphatic hydroxyl groups is 1. The number of hydrogen-bond donors (Lipinski definition) is 1. The Bertz CT molecular complexity index is 466. The van der Waals surface area contributed by atoms with Crippen molar-refractivity contribution in [2.75, 3.05) is 12.4 Å². The molecule has 1 rings (SSSR count). The van der Waals surface area contributed by atoms with Gasteiger partial charge in [0.1, 0.15) is 0 Å². The van der Waals surface area contributed by atoms with Gasteiger partial charge in [-0.25, -0.2) is 0 Å². The lowest BCUT2D eigenvalue weighted by molar-refractivity contribution is -0.139. The van der Waals surface area contributed by atoms with Crippen LogP contribution >= 0.6 is 11.8 Å². The summed E-state index contributed by atoms with van der Waals surface area (Å²) in [5.41, 5.74) is 1.22. The van der Waals surface area contributed by atoms with Crippen LogP contribution in [0.2, 0.25) is 0 Å². The number of nitriles is 1. The average Bonchev–Trinajstić information content (AvgIpc) is 2.36. The largest absolute Gasteiger partial charge is 0.465 e. The topological polar surface area (TPSA) is 70.3 Å². The van der Waals surface area contributed by atoms with Crippen molar-refractivity contribution in [1.82, 2.24) is 0 Å². The van der Waals surface area contributed by atoms with E-state index in [0.717, 1.165) is 4.90 Å². The number of nitrogens with zero attached hydrogens (tertiary/aromatic N) is 1. The number of thioether (sulfide) groups is 1. The molecule has 5 heteroatoms. The summed E-state index contributed by atoms with van der Waals surface area (Å²) in [7, 11) is 0. The number of carbonyl (C=O) groups excluding carboxylic acids is 1. The minimum absolute atomic E-state index is 0.169. The zero-order valence-electron chi connectivity index (χ0n) is 10.3. The Hall–Kier alpha value is -1.51. The van der Waals surface area contributed by atoms with Crippen molar-refractivity contribution in [2.24, 2.45) is 0 Å². The lowest BCUT2D eigenvalue weighted by Gasteiger charge is -2.11. The van der Waals surface area contributed by atoms with E-state index in [2.05, 4.69) is 0 Å². The van der Waals surface area contributed by atoms with Crippen molar-refractivity contribution in [2.45, 2.75) is 24.8 Å². The Balaban J connectivity index is 2.85. The standard InChI is InChI=1S/C13H15NO3S/c1-3-17-13(16)8-18-12-6-10(7-14)4-5-11(12)9(2)15/h4-6,9,15H,3,8H2,1-2H3/t9-/m1/s1. The maximum atomic E-state index is 11.3. The van der Waals surface area contributed by atoms with E-state index >= 15 is 0 Å². The molecular weight excluding hydrogens is 250 g/mol. The molecule has 0 aliphatic rings. The summed E-state index contributed by atoms with van der Waals surface area (Å²) in [6.07, 6.45) is -0.637. The normalized spacial score (nSPS) is 11.7. The number of carbonyl (C=O) groups is 1. The molecule has 0 saturated heterocycles. The molecular formula is C13H15NO3S. The van der Waals surface area contributed by atoms with Gasteiger partial charge in [0.2, 0.25) is 0 Å². The first-order valence-electron chi connectivity index (χ1n) is 5.59.